The van der Waals surface area contributed by atoms with Crippen LogP contribution in [0.4, 0.5) is 4.39 Å². The largest absolute Gasteiger partial charge is 0.455 e. The molecule has 4 aromatic heterocycles. The van der Waals surface area contributed by atoms with E-state index in [9.17, 15) is 4.79 Å². The number of furan rings is 1. The highest BCUT2D eigenvalue weighted by molar-refractivity contribution is 5.90. The van der Waals surface area contributed by atoms with Crippen LogP contribution in [-0.4, -0.2) is 47.1 Å². The number of nitrogens with one attached hydrogen (secondary N) is 1. The van der Waals surface area contributed by atoms with Crippen LogP contribution in [0.3, 0.4) is 0 Å². The van der Waals surface area contributed by atoms with Crippen molar-refractivity contribution in [1.82, 2.24) is 34.6 Å². The van der Waals surface area contributed by atoms with E-state index in [1.807, 2.05) is 0 Å². The minimum Gasteiger partial charge on any atom is -0.455 e. The summed E-state index contributed by atoms with van der Waals surface area (Å²) >= 11 is 0. The summed E-state index contributed by atoms with van der Waals surface area (Å²) < 4.78 is 28.5. The third-order valence-corrected chi connectivity index (χ3v) is 5.53. The molecular formula is C21H16FN7O3. The van der Waals surface area contributed by atoms with E-state index in [1.165, 1.54) is 11.2 Å². The molecule has 0 bridgehead atoms. The second-order valence-corrected chi connectivity index (χ2v) is 7.53. The first kappa shape index (κ1) is 18.5. The van der Waals surface area contributed by atoms with Crippen molar-refractivity contribution in [3.05, 3.63) is 72.0 Å². The maximum Gasteiger partial charge on any atom is 0.312 e. The zero-order chi connectivity index (χ0) is 21.8. The zero-order valence-corrected chi connectivity index (χ0v) is 16.8. The Balaban J connectivity index is 1.43. The van der Waals surface area contributed by atoms with Gasteiger partial charge < -0.3 is 23.3 Å². The average Bonchev–Trinajstić information content (AvgIpc) is 3.59. The number of fused-ring (bicyclic) bond motifs is 2. The van der Waals surface area contributed by atoms with E-state index < -0.39 is 17.8 Å². The lowest BCUT2D eigenvalue weighted by Crippen LogP contribution is -2.41. The van der Waals surface area contributed by atoms with E-state index in [4.69, 9.17) is 8.83 Å². The predicted octanol–water partition coefficient (Wildman–Crippen LogP) is 2.87. The van der Waals surface area contributed by atoms with Crippen molar-refractivity contribution in [2.24, 2.45) is 7.05 Å². The van der Waals surface area contributed by atoms with Gasteiger partial charge in [-0.05, 0) is 12.1 Å². The normalized spacial score (nSPS) is 15.9. The second-order valence-electron chi connectivity index (χ2n) is 7.53. The number of nitrogens with zero attached hydrogens (tertiary/aromatic N) is 6. The highest BCUT2D eigenvalue weighted by atomic mass is 19.1. The number of benzene rings is 1. The summed E-state index contributed by atoms with van der Waals surface area (Å²) in [6, 6.07) is 5.92. The summed E-state index contributed by atoms with van der Waals surface area (Å²) in [6.45, 7) is 0.288. The first-order valence-corrected chi connectivity index (χ1v) is 9.92. The summed E-state index contributed by atoms with van der Waals surface area (Å²) in [5, 5.41) is 8.19. The van der Waals surface area contributed by atoms with Crippen LogP contribution in [0, 0.1) is 5.82 Å². The van der Waals surface area contributed by atoms with Crippen molar-refractivity contribution in [2.75, 3.05) is 6.54 Å². The van der Waals surface area contributed by atoms with E-state index in [0.717, 1.165) is 5.69 Å². The lowest BCUT2D eigenvalue weighted by atomic mass is 9.99. The molecule has 5 heterocycles. The SMILES string of the molecule is Cn1cnc(-c2nnc(C(=O)N3CCc4[nH]cnc4[C@H]3c3oc4ccccc4c3F)o2)c1. The Hall–Kier alpha value is -4.28. The molecule has 0 fully saturated rings. The van der Waals surface area contributed by atoms with Crippen LogP contribution in [0.25, 0.3) is 22.6 Å². The van der Waals surface area contributed by atoms with Gasteiger partial charge >= 0.3 is 11.8 Å². The topological polar surface area (TPSA) is 119 Å². The van der Waals surface area contributed by atoms with Crippen LogP contribution < -0.4 is 0 Å². The van der Waals surface area contributed by atoms with Crippen molar-refractivity contribution in [1.29, 1.82) is 0 Å². The fourth-order valence-electron chi connectivity index (χ4n) is 4.03. The van der Waals surface area contributed by atoms with Crippen molar-refractivity contribution < 1.29 is 18.0 Å². The summed E-state index contributed by atoms with van der Waals surface area (Å²) in [6.07, 6.45) is 5.33. The first-order chi connectivity index (χ1) is 15.6. The number of aromatic amines is 1. The molecule has 1 atom stereocenters. The quantitative estimate of drug-likeness (QED) is 0.465. The molecule has 0 unspecified atom stereocenters. The molecule has 160 valence electrons. The maximum atomic E-state index is 15.3. The van der Waals surface area contributed by atoms with E-state index in [2.05, 4.69) is 25.1 Å². The van der Waals surface area contributed by atoms with Crippen molar-refractivity contribution >= 4 is 16.9 Å². The standard InChI is InChI=1S/C21H16FN7O3/c1-28-8-13(25-10-28)19-26-27-20(32-19)21(30)29-7-6-12-16(24-9-23-12)17(29)18-15(22)11-4-2-3-5-14(11)31-18/h2-5,8-10,17H,6-7H2,1H3,(H,23,24)/t17-/m0/s1. The monoisotopic (exact) mass is 433 g/mol. The fraction of sp³-hybridized carbons (Fsp3) is 0.190. The van der Waals surface area contributed by atoms with Gasteiger partial charge in [-0.3, -0.25) is 4.79 Å². The number of aromatic nitrogens is 6. The minimum atomic E-state index is -0.880. The smallest absolute Gasteiger partial charge is 0.312 e. The van der Waals surface area contributed by atoms with Crippen LogP contribution >= 0.6 is 0 Å². The number of carbonyl (C=O) groups is 1. The number of H-pyrrole nitrogens is 1. The molecule has 0 spiro atoms. The highest BCUT2D eigenvalue weighted by Gasteiger charge is 2.40. The number of hydrogen-bond acceptors (Lipinski definition) is 7. The number of amides is 1. The van der Waals surface area contributed by atoms with Gasteiger partial charge in [0.1, 0.15) is 17.3 Å². The Kier molecular flexibility index (Phi) is 3.97. The fourth-order valence-corrected chi connectivity index (χ4v) is 4.03. The average molecular weight is 433 g/mol. The van der Waals surface area contributed by atoms with Crippen LogP contribution in [-0.2, 0) is 13.5 Å². The van der Waals surface area contributed by atoms with Crippen molar-refractivity contribution in [2.45, 2.75) is 12.5 Å². The van der Waals surface area contributed by atoms with Gasteiger partial charge in [0.2, 0.25) is 0 Å². The molecule has 0 radical (unpaired) electrons. The third kappa shape index (κ3) is 2.74. The van der Waals surface area contributed by atoms with E-state index >= 15 is 4.39 Å². The summed E-state index contributed by atoms with van der Waals surface area (Å²) in [5.74, 6) is -1.15. The van der Waals surface area contributed by atoms with Gasteiger partial charge in [0, 0.05) is 31.9 Å². The molecule has 1 N–H and O–H groups in total. The second kappa shape index (κ2) is 6.87. The number of hydrogen-bond donors (Lipinski definition) is 1. The number of rotatable bonds is 3. The van der Waals surface area contributed by atoms with E-state index in [-0.39, 0.29) is 24.1 Å². The maximum absolute atomic E-state index is 15.3. The third-order valence-electron chi connectivity index (χ3n) is 5.53. The lowest BCUT2D eigenvalue weighted by molar-refractivity contribution is 0.0628. The molecule has 1 aromatic carbocycles. The van der Waals surface area contributed by atoms with Crippen molar-refractivity contribution in [3.8, 4) is 11.6 Å². The Morgan fingerprint density at radius 2 is 2.09 bits per heavy atom. The molecule has 1 aliphatic heterocycles. The molecular weight excluding hydrogens is 417 g/mol. The highest BCUT2D eigenvalue weighted by Crippen LogP contribution is 2.39. The summed E-state index contributed by atoms with van der Waals surface area (Å²) in [4.78, 5) is 26.4. The number of para-hydroxylation sites is 1. The number of carbonyl (C=O) groups excluding carboxylic acids is 1. The molecule has 5 aromatic rings. The zero-order valence-electron chi connectivity index (χ0n) is 16.8. The van der Waals surface area contributed by atoms with Gasteiger partial charge in [0.25, 0.3) is 5.89 Å². The lowest BCUT2D eigenvalue weighted by Gasteiger charge is -2.32. The molecule has 1 amide bonds. The molecule has 0 saturated heterocycles. The van der Waals surface area contributed by atoms with Gasteiger partial charge in [-0.2, -0.15) is 0 Å². The Bertz CT molecular complexity index is 1460. The molecule has 11 heteroatoms. The van der Waals surface area contributed by atoms with Crippen LogP contribution in [0.2, 0.25) is 0 Å². The van der Waals surface area contributed by atoms with Crippen LogP contribution in [0.1, 0.15) is 33.9 Å². The number of halogens is 1. The van der Waals surface area contributed by atoms with Gasteiger partial charge in [-0.1, -0.05) is 12.1 Å². The summed E-state index contributed by atoms with van der Waals surface area (Å²) in [7, 11) is 1.81. The van der Waals surface area contributed by atoms with Crippen LogP contribution in [0.15, 0.2) is 52.0 Å². The van der Waals surface area contributed by atoms with Crippen LogP contribution in [0.5, 0.6) is 0 Å². The van der Waals surface area contributed by atoms with Gasteiger partial charge in [0.05, 0.1) is 23.7 Å². The molecule has 6 rings (SSSR count). The number of aryl methyl sites for hydroxylation is 1. The van der Waals surface area contributed by atoms with Crippen molar-refractivity contribution in [3.63, 3.8) is 0 Å². The summed E-state index contributed by atoms with van der Waals surface area (Å²) in [5.41, 5.74) is 2.18. The minimum absolute atomic E-state index is 0.0112. The van der Waals surface area contributed by atoms with Gasteiger partial charge in [0.15, 0.2) is 11.6 Å². The number of imidazole rings is 2. The van der Waals surface area contributed by atoms with Gasteiger partial charge in [-0.25, -0.2) is 14.4 Å². The predicted molar refractivity (Wildman–Crippen MR) is 108 cm³/mol. The molecule has 1 aliphatic rings. The first-order valence-electron chi connectivity index (χ1n) is 9.92. The molecule has 32 heavy (non-hydrogen) atoms. The van der Waals surface area contributed by atoms with E-state index in [1.54, 1.807) is 48.4 Å². The Morgan fingerprint density at radius 3 is 2.91 bits per heavy atom. The van der Waals surface area contributed by atoms with Gasteiger partial charge in [-0.15, -0.1) is 10.2 Å². The molecule has 0 aliphatic carbocycles. The molecule has 10 nitrogen and oxygen atoms in total. The van der Waals surface area contributed by atoms with E-state index in [0.29, 0.717) is 28.8 Å². The Labute approximate surface area is 179 Å². The molecule has 0 saturated carbocycles. The Morgan fingerprint density at radius 1 is 1.22 bits per heavy atom.